The van der Waals surface area contributed by atoms with E-state index in [2.05, 4.69) is 27.9 Å². The van der Waals surface area contributed by atoms with Crippen molar-refractivity contribution >= 4 is 51.7 Å². The fourth-order valence-electron chi connectivity index (χ4n) is 1.19. The topological polar surface area (TPSA) is 29.1 Å². The highest BCUT2D eigenvalue weighted by atomic mass is 127. The largest absolute Gasteiger partial charge is 0.352 e. The molecule has 0 unspecified atom stereocenters. The van der Waals surface area contributed by atoms with E-state index < -0.39 is 0 Å². The quantitative estimate of drug-likeness (QED) is 0.477. The van der Waals surface area contributed by atoms with Crippen LogP contribution >= 0.6 is 45.8 Å². The molecule has 1 aromatic rings. The Kier molecular flexibility index (Phi) is 6.46. The maximum atomic E-state index is 11.8. The summed E-state index contributed by atoms with van der Waals surface area (Å²) in [6, 6.07) is 5.28. The molecule has 0 saturated heterocycles. The van der Waals surface area contributed by atoms with Crippen molar-refractivity contribution < 1.29 is 4.79 Å². The third-order valence-electron chi connectivity index (χ3n) is 2.02. The van der Waals surface area contributed by atoms with Crippen LogP contribution in [0.2, 0.25) is 5.02 Å². The van der Waals surface area contributed by atoms with Gasteiger partial charge in [0.2, 0.25) is 0 Å². The van der Waals surface area contributed by atoms with Gasteiger partial charge in [0.25, 0.3) is 5.91 Å². The van der Waals surface area contributed by atoms with Crippen molar-refractivity contribution in [2.75, 3.05) is 12.4 Å². The summed E-state index contributed by atoms with van der Waals surface area (Å²) in [6.07, 6.45) is 1.81. The van der Waals surface area contributed by atoms with Crippen LogP contribution in [0.15, 0.2) is 18.2 Å². The van der Waals surface area contributed by atoms with Gasteiger partial charge in [0.15, 0.2) is 0 Å². The maximum Gasteiger partial charge on any atom is 0.252 e. The third kappa shape index (κ3) is 4.47. The van der Waals surface area contributed by atoms with Crippen LogP contribution in [0.25, 0.3) is 0 Å². The molecule has 1 amide bonds. The van der Waals surface area contributed by atoms with Gasteiger partial charge in [-0.25, -0.2) is 0 Å². The monoisotopic (exact) mass is 371 g/mol. The SMILES string of the molecule is O=C(NCCCCCl)c1cc(Cl)ccc1I. The van der Waals surface area contributed by atoms with Crippen molar-refractivity contribution in [3.05, 3.63) is 32.4 Å². The van der Waals surface area contributed by atoms with Gasteiger partial charge in [0.05, 0.1) is 5.56 Å². The molecular formula is C11H12Cl2INO. The number of hydrogen-bond donors (Lipinski definition) is 1. The van der Waals surface area contributed by atoms with E-state index in [1.54, 1.807) is 12.1 Å². The van der Waals surface area contributed by atoms with E-state index in [0.29, 0.717) is 23.0 Å². The average molecular weight is 372 g/mol. The lowest BCUT2D eigenvalue weighted by Gasteiger charge is -2.06. The lowest BCUT2D eigenvalue weighted by Crippen LogP contribution is -2.25. The van der Waals surface area contributed by atoms with Gasteiger partial charge in [-0.3, -0.25) is 4.79 Å². The zero-order valence-electron chi connectivity index (χ0n) is 8.60. The van der Waals surface area contributed by atoms with Gasteiger partial charge in [-0.2, -0.15) is 0 Å². The predicted octanol–water partition coefficient (Wildman–Crippen LogP) is 3.69. The number of unbranched alkanes of at least 4 members (excludes halogenated alkanes) is 1. The van der Waals surface area contributed by atoms with Crippen LogP contribution in [0.4, 0.5) is 0 Å². The van der Waals surface area contributed by atoms with E-state index in [-0.39, 0.29) is 5.91 Å². The van der Waals surface area contributed by atoms with E-state index in [4.69, 9.17) is 23.2 Å². The predicted molar refractivity (Wildman–Crippen MR) is 76.5 cm³/mol. The smallest absolute Gasteiger partial charge is 0.252 e. The van der Waals surface area contributed by atoms with E-state index in [1.807, 2.05) is 6.07 Å². The molecule has 0 fully saturated rings. The number of benzene rings is 1. The lowest BCUT2D eigenvalue weighted by molar-refractivity contribution is 0.0952. The molecule has 0 atom stereocenters. The van der Waals surface area contributed by atoms with Crippen molar-refractivity contribution in [2.24, 2.45) is 0 Å². The standard InChI is InChI=1S/C11H12Cl2INO/c12-5-1-2-6-15-11(16)9-7-8(13)3-4-10(9)14/h3-4,7H,1-2,5-6H2,(H,15,16). The number of amides is 1. The molecule has 0 spiro atoms. The fraction of sp³-hybridized carbons (Fsp3) is 0.364. The summed E-state index contributed by atoms with van der Waals surface area (Å²) < 4.78 is 0.900. The molecule has 88 valence electrons. The van der Waals surface area contributed by atoms with E-state index in [0.717, 1.165) is 16.4 Å². The highest BCUT2D eigenvalue weighted by Gasteiger charge is 2.09. The second-order valence-corrected chi connectivity index (χ2v) is 5.25. The minimum atomic E-state index is -0.0820. The number of alkyl halides is 1. The molecule has 1 aromatic carbocycles. The Labute approximate surface area is 119 Å². The minimum Gasteiger partial charge on any atom is -0.352 e. The number of halogens is 3. The van der Waals surface area contributed by atoms with Gasteiger partial charge in [-0.15, -0.1) is 11.6 Å². The molecule has 0 radical (unpaired) electrons. The first-order chi connectivity index (χ1) is 7.65. The Hall–Kier alpha value is -0.000000000000000111. The maximum absolute atomic E-state index is 11.8. The van der Waals surface area contributed by atoms with Crippen LogP contribution in [-0.2, 0) is 0 Å². The number of nitrogens with one attached hydrogen (secondary N) is 1. The molecule has 0 saturated carbocycles. The van der Waals surface area contributed by atoms with Crippen molar-refractivity contribution in [3.8, 4) is 0 Å². The van der Waals surface area contributed by atoms with Gasteiger partial charge >= 0.3 is 0 Å². The molecule has 0 aromatic heterocycles. The Morgan fingerprint density at radius 1 is 1.38 bits per heavy atom. The lowest BCUT2D eigenvalue weighted by atomic mass is 10.2. The highest BCUT2D eigenvalue weighted by Crippen LogP contribution is 2.17. The molecule has 0 aliphatic rings. The molecule has 2 nitrogen and oxygen atoms in total. The fourth-order valence-corrected chi connectivity index (χ4v) is 2.13. The Morgan fingerprint density at radius 2 is 2.12 bits per heavy atom. The number of carbonyl (C=O) groups is 1. The average Bonchev–Trinajstić information content (AvgIpc) is 2.27. The van der Waals surface area contributed by atoms with Gasteiger partial charge in [-0.05, 0) is 53.6 Å². The Balaban J connectivity index is 2.55. The van der Waals surface area contributed by atoms with Crippen LogP contribution in [0.5, 0.6) is 0 Å². The van der Waals surface area contributed by atoms with Gasteiger partial charge in [0, 0.05) is 21.0 Å². The van der Waals surface area contributed by atoms with Crippen LogP contribution in [0.3, 0.4) is 0 Å². The zero-order chi connectivity index (χ0) is 12.0. The summed E-state index contributed by atoms with van der Waals surface area (Å²) in [5.41, 5.74) is 0.624. The first kappa shape index (κ1) is 14.1. The first-order valence-electron chi connectivity index (χ1n) is 4.94. The van der Waals surface area contributed by atoms with Crippen LogP contribution in [-0.4, -0.2) is 18.3 Å². The van der Waals surface area contributed by atoms with Crippen molar-refractivity contribution in [3.63, 3.8) is 0 Å². The summed E-state index contributed by atoms with van der Waals surface area (Å²) in [5, 5.41) is 3.42. The van der Waals surface area contributed by atoms with E-state index in [1.165, 1.54) is 0 Å². The molecule has 0 heterocycles. The number of hydrogen-bond acceptors (Lipinski definition) is 1. The Morgan fingerprint density at radius 3 is 2.81 bits per heavy atom. The Bertz CT molecular complexity index is 371. The third-order valence-corrected chi connectivity index (χ3v) is 3.46. The van der Waals surface area contributed by atoms with E-state index in [9.17, 15) is 4.79 Å². The van der Waals surface area contributed by atoms with Crippen LogP contribution in [0, 0.1) is 3.57 Å². The van der Waals surface area contributed by atoms with Crippen molar-refractivity contribution in [1.29, 1.82) is 0 Å². The molecule has 1 N–H and O–H groups in total. The summed E-state index contributed by atoms with van der Waals surface area (Å²) >= 11 is 13.5. The number of carbonyl (C=O) groups excluding carboxylic acids is 1. The summed E-state index contributed by atoms with van der Waals surface area (Å²) in [6.45, 7) is 0.647. The highest BCUT2D eigenvalue weighted by molar-refractivity contribution is 14.1. The summed E-state index contributed by atoms with van der Waals surface area (Å²) in [5.74, 6) is 0.548. The minimum absolute atomic E-state index is 0.0820. The van der Waals surface area contributed by atoms with E-state index >= 15 is 0 Å². The van der Waals surface area contributed by atoms with Gasteiger partial charge in [-0.1, -0.05) is 11.6 Å². The molecule has 0 bridgehead atoms. The summed E-state index contributed by atoms with van der Waals surface area (Å²) in [4.78, 5) is 11.8. The molecule has 0 aliphatic heterocycles. The molecular weight excluding hydrogens is 360 g/mol. The van der Waals surface area contributed by atoms with Gasteiger partial charge < -0.3 is 5.32 Å². The van der Waals surface area contributed by atoms with Crippen molar-refractivity contribution in [2.45, 2.75) is 12.8 Å². The summed E-state index contributed by atoms with van der Waals surface area (Å²) in [7, 11) is 0. The molecule has 16 heavy (non-hydrogen) atoms. The van der Waals surface area contributed by atoms with Crippen LogP contribution < -0.4 is 5.32 Å². The first-order valence-corrected chi connectivity index (χ1v) is 6.93. The van der Waals surface area contributed by atoms with Crippen molar-refractivity contribution in [1.82, 2.24) is 5.32 Å². The molecule has 5 heteroatoms. The second kappa shape index (κ2) is 7.35. The van der Waals surface area contributed by atoms with Gasteiger partial charge in [0.1, 0.15) is 0 Å². The van der Waals surface area contributed by atoms with Crippen LogP contribution in [0.1, 0.15) is 23.2 Å². The number of rotatable bonds is 5. The normalized spacial score (nSPS) is 10.2. The zero-order valence-corrected chi connectivity index (χ0v) is 12.3. The molecule has 1 rings (SSSR count). The second-order valence-electron chi connectivity index (χ2n) is 3.28. The molecule has 0 aliphatic carbocycles.